The first-order valence-electron chi connectivity index (χ1n) is 24.1. The number of aromatic hydroxyl groups is 1. The van der Waals surface area contributed by atoms with Crippen molar-refractivity contribution in [1.29, 1.82) is 0 Å². The molecule has 1 aliphatic heterocycles. The summed E-state index contributed by atoms with van der Waals surface area (Å²) in [5.74, 6) is -0.120. The summed E-state index contributed by atoms with van der Waals surface area (Å²) in [7, 11) is 5.88. The second-order valence-corrected chi connectivity index (χ2v) is 18.9. The summed E-state index contributed by atoms with van der Waals surface area (Å²) in [6.07, 6.45) is 20.1. The van der Waals surface area contributed by atoms with Gasteiger partial charge in [-0.05, 0) is 132 Å². The number of phenolic OH excluding ortho intramolecular Hbond substituents is 1. The van der Waals surface area contributed by atoms with Gasteiger partial charge in [0.25, 0.3) is 5.56 Å². The number of pyridine rings is 1. The number of amides is 2. The zero-order chi connectivity index (χ0) is 53.8. The third-order valence-electron chi connectivity index (χ3n) is 11.1. The van der Waals surface area contributed by atoms with E-state index in [0.29, 0.717) is 31.6 Å². The van der Waals surface area contributed by atoms with Crippen LogP contribution in [0.25, 0.3) is 33.4 Å². The lowest BCUT2D eigenvalue weighted by Crippen LogP contribution is -2.44. The molecule has 0 aliphatic carbocycles. The highest BCUT2D eigenvalue weighted by atomic mass is 32.1. The van der Waals surface area contributed by atoms with Gasteiger partial charge in [0.05, 0.1) is 24.0 Å². The summed E-state index contributed by atoms with van der Waals surface area (Å²) < 4.78 is 11.9. The van der Waals surface area contributed by atoms with E-state index in [2.05, 4.69) is 116 Å². The minimum Gasteiger partial charge on any atom is -0.508 e. The van der Waals surface area contributed by atoms with Crippen LogP contribution in [0.4, 0.5) is 0 Å². The number of carbonyl (C=O) groups excluding carboxylic acids is 4. The van der Waals surface area contributed by atoms with Crippen molar-refractivity contribution in [2.45, 2.75) is 119 Å². The van der Waals surface area contributed by atoms with Crippen LogP contribution in [0.5, 0.6) is 5.75 Å². The second kappa shape index (κ2) is 32.6. The van der Waals surface area contributed by atoms with Crippen molar-refractivity contribution < 1.29 is 29.0 Å². The number of esters is 1. The van der Waals surface area contributed by atoms with Gasteiger partial charge in [0.2, 0.25) is 11.8 Å². The number of aldehydes is 1. The molecule has 0 radical (unpaired) electrons. The standard InChI is InChI=1S/C39H50N4O5.C7H16N2OS.C5H9N.C3H4O.C2H2/c1-8-10-11-19-40-41-36(46)18-15-28-20-30(22-31(45)21-28)29-16-17-34-32(23-29)33(24-39(6,7)25-48-27(5)44)38(42(34)9-2)35-13-12-14-37(47)43(35)26(3)4;1-5(2)6(9(3)4)7(10)8-11;1-6-4-2-3-5-6;1-2-3-4;1-2/h12-14,16-17,19-23,26,45H,8-11,15,18,24-25H2,1-7H3,(H,41,46);5-6,11H,1-4H3,(H,8,10);2-3H,4-5H2,1H3;2-3H,1H2;1-2H/b40-19-;;;;. The van der Waals surface area contributed by atoms with Crippen molar-refractivity contribution in [3.63, 3.8) is 0 Å². The molecule has 1 unspecified atom stereocenters. The fourth-order valence-corrected chi connectivity index (χ4v) is 8.15. The van der Waals surface area contributed by atoms with E-state index in [-0.39, 0.29) is 54.2 Å². The molecule has 5 rings (SSSR count). The average molecular weight is 996 g/mol. The molecule has 0 spiro atoms. The fraction of sp³-hybridized carbons (Fsp3) is 0.464. The topological polar surface area (TPSA) is 168 Å². The Morgan fingerprint density at radius 3 is 2.15 bits per heavy atom. The number of carbonyl (C=O) groups is 4. The molecule has 1 aliphatic rings. The molecule has 1 atom stereocenters. The van der Waals surface area contributed by atoms with Crippen LogP contribution in [-0.4, -0.2) is 101 Å². The highest BCUT2D eigenvalue weighted by Gasteiger charge is 2.29. The quantitative estimate of drug-likeness (QED) is 0.00824. The van der Waals surface area contributed by atoms with Crippen molar-refractivity contribution in [3.05, 3.63) is 101 Å². The number of terminal acetylenes is 1. The summed E-state index contributed by atoms with van der Waals surface area (Å²) in [6, 6.07) is 17.0. The van der Waals surface area contributed by atoms with E-state index in [9.17, 15) is 24.3 Å². The first kappa shape index (κ1) is 62.8. The van der Waals surface area contributed by atoms with Crippen LogP contribution < -0.4 is 15.7 Å². The molecule has 2 amide bonds. The van der Waals surface area contributed by atoms with E-state index < -0.39 is 5.41 Å². The first-order valence-corrected chi connectivity index (χ1v) is 24.6. The number of phenols is 1. The summed E-state index contributed by atoms with van der Waals surface area (Å²) in [5, 5.41) is 15.8. The minimum atomic E-state index is -0.403. The van der Waals surface area contributed by atoms with Crippen molar-refractivity contribution in [3.8, 4) is 41.1 Å². The van der Waals surface area contributed by atoms with Crippen LogP contribution in [0.1, 0.15) is 105 Å². The van der Waals surface area contributed by atoms with Crippen molar-refractivity contribution in [2.24, 2.45) is 16.4 Å². The number of hydrogen-bond acceptors (Lipinski definition) is 11. The maximum absolute atomic E-state index is 13.2. The summed E-state index contributed by atoms with van der Waals surface area (Å²) >= 11 is 3.72. The van der Waals surface area contributed by atoms with Crippen LogP contribution in [0.2, 0.25) is 0 Å². The summed E-state index contributed by atoms with van der Waals surface area (Å²) in [6.45, 7) is 24.1. The number of nitrogens with one attached hydrogen (secondary N) is 2. The monoisotopic (exact) mass is 996 g/mol. The van der Waals surface area contributed by atoms with E-state index in [1.165, 1.54) is 13.0 Å². The SMILES string of the molecule is C#C.C=CC=O.CC(C)C(C(=O)NS)N(C)C.CCCC/C=N\NC(=O)CCc1cc(O)cc(-c2ccc3c(c2)c(CC(C)(C)COC(C)=O)c(-c2cccc(=O)n2C(C)C)n3CC)c1.CN1CC=CC1. The number of hydrogen-bond donors (Lipinski definition) is 4. The number of aromatic nitrogens is 2. The lowest BCUT2D eigenvalue weighted by atomic mass is 9.84. The number of allylic oxidation sites excluding steroid dienone is 1. The van der Waals surface area contributed by atoms with Gasteiger partial charge in [-0.2, -0.15) is 5.10 Å². The highest BCUT2D eigenvalue weighted by Crippen LogP contribution is 2.40. The second-order valence-electron chi connectivity index (χ2n) is 18.7. The number of thiol groups is 1. The molecule has 2 aromatic carbocycles. The van der Waals surface area contributed by atoms with Gasteiger partial charge in [0.1, 0.15) is 12.0 Å². The smallest absolute Gasteiger partial charge is 0.302 e. The van der Waals surface area contributed by atoms with E-state index in [1.807, 2.05) is 69.5 Å². The van der Waals surface area contributed by atoms with Crippen LogP contribution in [-0.2, 0) is 43.3 Å². The summed E-state index contributed by atoms with van der Waals surface area (Å²) in [5.41, 5.74) is 8.60. The highest BCUT2D eigenvalue weighted by molar-refractivity contribution is 7.78. The number of hydrazone groups is 1. The number of likely N-dealkylation sites (N-methyl/N-ethyl adjacent to an activating group) is 2. The Bertz CT molecular complexity index is 2440. The number of nitrogens with zero attached hydrogens (tertiary/aromatic N) is 5. The lowest BCUT2D eigenvalue weighted by Gasteiger charge is -2.26. The van der Waals surface area contributed by atoms with Gasteiger partial charge in [-0.1, -0.05) is 90.8 Å². The molecule has 3 heterocycles. The molecule has 3 N–H and O–H groups in total. The summed E-state index contributed by atoms with van der Waals surface area (Å²) in [4.78, 5) is 61.7. The van der Waals surface area contributed by atoms with E-state index >= 15 is 0 Å². The molecular weight excluding hydrogens is 915 g/mol. The Kier molecular flexibility index (Phi) is 28.9. The molecule has 388 valence electrons. The Labute approximate surface area is 429 Å². The van der Waals surface area contributed by atoms with Crippen LogP contribution in [0, 0.1) is 24.2 Å². The van der Waals surface area contributed by atoms with Crippen molar-refractivity contribution in [2.75, 3.05) is 40.8 Å². The number of fused-ring (bicyclic) bond motifs is 1. The van der Waals surface area contributed by atoms with Crippen LogP contribution in [0.15, 0.2) is 89.3 Å². The van der Waals surface area contributed by atoms with E-state index in [0.717, 1.165) is 76.9 Å². The molecule has 14 nitrogen and oxygen atoms in total. The number of rotatable bonds is 19. The number of ether oxygens (including phenoxy) is 1. The van der Waals surface area contributed by atoms with Gasteiger partial charge in [-0.15, -0.1) is 12.8 Å². The Hall–Kier alpha value is -6.21. The first-order chi connectivity index (χ1) is 33.7. The van der Waals surface area contributed by atoms with Gasteiger partial charge >= 0.3 is 5.97 Å². The van der Waals surface area contributed by atoms with Gasteiger partial charge in [-0.25, -0.2) is 5.43 Å². The van der Waals surface area contributed by atoms with Crippen molar-refractivity contribution >= 4 is 54.0 Å². The Morgan fingerprint density at radius 2 is 1.66 bits per heavy atom. The van der Waals surface area contributed by atoms with Crippen molar-refractivity contribution in [1.82, 2.24) is 29.1 Å². The molecule has 0 saturated heterocycles. The van der Waals surface area contributed by atoms with E-state index in [4.69, 9.17) is 9.53 Å². The molecule has 4 aromatic rings. The van der Waals surface area contributed by atoms with Crippen LogP contribution >= 0.6 is 12.8 Å². The number of aryl methyl sites for hydroxylation is 2. The molecular formula is C56H81N7O7S. The number of unbranched alkanes of at least 4 members (excludes halogenated alkanes) is 2. The molecule has 0 saturated carbocycles. The predicted molar refractivity (Wildman–Crippen MR) is 296 cm³/mol. The van der Waals surface area contributed by atoms with Gasteiger partial charge in [0.15, 0.2) is 0 Å². The molecule has 2 aromatic heterocycles. The molecule has 71 heavy (non-hydrogen) atoms. The fourth-order valence-electron chi connectivity index (χ4n) is 8.02. The largest absolute Gasteiger partial charge is 0.508 e. The van der Waals surface area contributed by atoms with Gasteiger partial charge in [0, 0.05) is 67.6 Å². The number of benzene rings is 2. The predicted octanol–water partition coefficient (Wildman–Crippen LogP) is 9.44. The molecule has 0 fully saturated rings. The zero-order valence-electron chi connectivity index (χ0n) is 44.3. The lowest BCUT2D eigenvalue weighted by molar-refractivity contribution is -0.144. The average Bonchev–Trinajstić information content (AvgIpc) is 3.93. The zero-order valence-corrected chi connectivity index (χ0v) is 45.2. The molecule has 15 heteroatoms. The molecule has 0 bridgehead atoms. The Morgan fingerprint density at radius 1 is 1.01 bits per heavy atom. The Balaban J connectivity index is 0.000000900. The maximum atomic E-state index is 13.2. The third kappa shape index (κ3) is 21.0. The van der Waals surface area contributed by atoms with Gasteiger partial charge in [-0.3, -0.25) is 33.8 Å². The van der Waals surface area contributed by atoms with Crippen LogP contribution in [0.3, 0.4) is 0 Å². The third-order valence-corrected chi connectivity index (χ3v) is 11.4. The maximum Gasteiger partial charge on any atom is 0.302 e. The normalized spacial score (nSPS) is 12.4. The van der Waals surface area contributed by atoms with Gasteiger partial charge < -0.3 is 23.7 Å². The minimum absolute atomic E-state index is 0.0478. The van der Waals surface area contributed by atoms with E-state index in [1.54, 1.807) is 30.5 Å².